The molecule has 2 aliphatic rings. The molecule has 1 aliphatic heterocycles. The number of rotatable bonds is 13. The fraction of sp³-hybridized carbons (Fsp3) is 1.00. The molecule has 1 nitrogen and oxygen atoms in total. The summed E-state index contributed by atoms with van der Waals surface area (Å²) < 4.78 is 0. The molecule has 2 fully saturated rings. The van der Waals surface area contributed by atoms with E-state index in [0.29, 0.717) is 0 Å². The summed E-state index contributed by atoms with van der Waals surface area (Å²) in [5, 5.41) is 0. The molecule has 2 atom stereocenters. The van der Waals surface area contributed by atoms with Crippen LogP contribution < -0.4 is 0 Å². The van der Waals surface area contributed by atoms with Gasteiger partial charge < -0.3 is 0 Å². The first-order valence-electron chi connectivity index (χ1n) is 10.1. The van der Waals surface area contributed by atoms with Gasteiger partial charge in [-0.05, 0) is 31.1 Å². The van der Waals surface area contributed by atoms with Crippen molar-refractivity contribution < 1.29 is 0 Å². The second-order valence-corrected chi connectivity index (χ2v) is 7.77. The van der Waals surface area contributed by atoms with Gasteiger partial charge in [0.05, 0.1) is 0 Å². The van der Waals surface area contributed by atoms with Crippen molar-refractivity contribution in [2.24, 2.45) is 11.8 Å². The van der Waals surface area contributed by atoms with Crippen LogP contribution in [0.1, 0.15) is 97.3 Å². The van der Waals surface area contributed by atoms with Crippen molar-refractivity contribution in [3.8, 4) is 0 Å². The Morgan fingerprint density at radius 1 is 0.714 bits per heavy atom. The second-order valence-electron chi connectivity index (χ2n) is 7.77. The van der Waals surface area contributed by atoms with Gasteiger partial charge in [0, 0.05) is 19.1 Å². The molecule has 0 spiro atoms. The highest BCUT2D eigenvalue weighted by Gasteiger charge is 2.46. The number of unbranched alkanes of at least 4 members (excludes halogenated alkanes) is 8. The fourth-order valence-electron chi connectivity index (χ4n) is 4.21. The zero-order valence-electron chi connectivity index (χ0n) is 14.8. The molecule has 1 heterocycles. The first kappa shape index (κ1) is 17.3. The average molecular weight is 294 g/mol. The van der Waals surface area contributed by atoms with Gasteiger partial charge in [0.1, 0.15) is 0 Å². The minimum absolute atomic E-state index is 0.932. The first-order chi connectivity index (χ1) is 10.3. The lowest BCUT2D eigenvalue weighted by Gasteiger charge is -2.29. The SMILES string of the molecule is CCCCCCCC(CCCCCCC)N1CC2CC2C1. The van der Waals surface area contributed by atoms with Crippen molar-refractivity contribution in [3.05, 3.63) is 0 Å². The maximum Gasteiger partial charge on any atom is 0.00954 e. The van der Waals surface area contributed by atoms with Crippen molar-refractivity contribution in [2.45, 2.75) is 103 Å². The number of piperidine rings is 1. The van der Waals surface area contributed by atoms with Gasteiger partial charge in [-0.3, -0.25) is 4.90 Å². The van der Waals surface area contributed by atoms with Crippen molar-refractivity contribution in [3.63, 3.8) is 0 Å². The third kappa shape index (κ3) is 6.30. The van der Waals surface area contributed by atoms with Crippen LogP contribution in [0.2, 0.25) is 0 Å². The van der Waals surface area contributed by atoms with E-state index in [2.05, 4.69) is 18.7 Å². The lowest BCUT2D eigenvalue weighted by Crippen LogP contribution is -2.34. The van der Waals surface area contributed by atoms with Crippen LogP contribution in [-0.4, -0.2) is 24.0 Å². The highest BCUT2D eigenvalue weighted by Crippen LogP contribution is 2.46. The van der Waals surface area contributed by atoms with E-state index in [0.717, 1.165) is 17.9 Å². The van der Waals surface area contributed by atoms with Crippen LogP contribution in [0.5, 0.6) is 0 Å². The van der Waals surface area contributed by atoms with Crippen LogP contribution in [0.25, 0.3) is 0 Å². The van der Waals surface area contributed by atoms with Gasteiger partial charge in [0.15, 0.2) is 0 Å². The number of likely N-dealkylation sites (tertiary alicyclic amines) is 1. The maximum atomic E-state index is 2.87. The van der Waals surface area contributed by atoms with Gasteiger partial charge in [0.25, 0.3) is 0 Å². The van der Waals surface area contributed by atoms with Gasteiger partial charge in [0.2, 0.25) is 0 Å². The normalized spacial score (nSPS) is 24.7. The molecule has 0 N–H and O–H groups in total. The first-order valence-corrected chi connectivity index (χ1v) is 10.1. The van der Waals surface area contributed by atoms with Crippen molar-refractivity contribution in [1.29, 1.82) is 0 Å². The molecule has 0 aromatic heterocycles. The fourth-order valence-corrected chi connectivity index (χ4v) is 4.21. The molecule has 124 valence electrons. The highest BCUT2D eigenvalue weighted by atomic mass is 15.2. The van der Waals surface area contributed by atoms with Crippen molar-refractivity contribution >= 4 is 0 Å². The Kier molecular flexibility index (Phi) is 8.14. The van der Waals surface area contributed by atoms with E-state index in [1.54, 1.807) is 6.42 Å². The zero-order valence-corrected chi connectivity index (χ0v) is 14.8. The zero-order chi connectivity index (χ0) is 14.9. The number of fused-ring (bicyclic) bond motifs is 1. The van der Waals surface area contributed by atoms with E-state index >= 15 is 0 Å². The van der Waals surface area contributed by atoms with E-state index in [4.69, 9.17) is 0 Å². The minimum Gasteiger partial charge on any atom is -0.300 e. The topological polar surface area (TPSA) is 3.24 Å². The van der Waals surface area contributed by atoms with E-state index in [9.17, 15) is 0 Å². The molecule has 1 heteroatoms. The summed E-state index contributed by atoms with van der Waals surface area (Å²) in [6.07, 6.45) is 19.0. The van der Waals surface area contributed by atoms with Crippen LogP contribution in [0, 0.1) is 11.8 Å². The summed E-state index contributed by atoms with van der Waals surface area (Å²) in [6.45, 7) is 7.52. The average Bonchev–Trinajstić information content (AvgIpc) is 3.11. The third-order valence-corrected chi connectivity index (χ3v) is 5.81. The summed E-state index contributed by atoms with van der Waals surface area (Å²) in [7, 11) is 0. The van der Waals surface area contributed by atoms with Gasteiger partial charge in [-0.15, -0.1) is 0 Å². The van der Waals surface area contributed by atoms with E-state index in [1.807, 2.05) is 0 Å². The van der Waals surface area contributed by atoms with E-state index in [1.165, 1.54) is 90.1 Å². The Labute approximate surface area is 133 Å². The summed E-state index contributed by atoms with van der Waals surface area (Å²) >= 11 is 0. The Balaban J connectivity index is 1.61. The Hall–Kier alpha value is -0.0400. The Bertz CT molecular complexity index is 239. The van der Waals surface area contributed by atoms with Crippen LogP contribution >= 0.6 is 0 Å². The van der Waals surface area contributed by atoms with E-state index in [-0.39, 0.29) is 0 Å². The van der Waals surface area contributed by atoms with E-state index < -0.39 is 0 Å². The van der Waals surface area contributed by atoms with Gasteiger partial charge in [-0.25, -0.2) is 0 Å². The quantitative estimate of drug-likeness (QED) is 0.375. The molecule has 1 aliphatic carbocycles. The molecular weight excluding hydrogens is 254 g/mol. The van der Waals surface area contributed by atoms with Crippen LogP contribution in [0.3, 0.4) is 0 Å². The van der Waals surface area contributed by atoms with Gasteiger partial charge in [-0.2, -0.15) is 0 Å². The maximum absolute atomic E-state index is 2.87. The number of hydrogen-bond donors (Lipinski definition) is 0. The van der Waals surface area contributed by atoms with Gasteiger partial charge in [-0.1, -0.05) is 78.1 Å². The van der Waals surface area contributed by atoms with Crippen molar-refractivity contribution in [2.75, 3.05) is 13.1 Å². The molecule has 0 bridgehead atoms. The predicted molar refractivity (Wildman–Crippen MR) is 93.7 cm³/mol. The number of nitrogens with zero attached hydrogens (tertiary/aromatic N) is 1. The molecule has 21 heavy (non-hydrogen) atoms. The molecule has 1 saturated carbocycles. The molecule has 1 saturated heterocycles. The second kappa shape index (κ2) is 9.87. The standard InChI is InChI=1S/C20H39N/c1-3-5-7-9-11-13-20(14-12-10-8-6-4-2)21-16-18-15-19(18)17-21/h18-20H,3-17H2,1-2H3. The predicted octanol–water partition coefficient (Wildman–Crippen LogP) is 6.03. The third-order valence-electron chi connectivity index (χ3n) is 5.81. The molecule has 0 aromatic rings. The summed E-state index contributed by atoms with van der Waals surface area (Å²) in [5.41, 5.74) is 0. The molecule has 0 amide bonds. The summed E-state index contributed by atoms with van der Waals surface area (Å²) in [4.78, 5) is 2.87. The van der Waals surface area contributed by atoms with Crippen LogP contribution in [0.15, 0.2) is 0 Å². The molecule has 2 rings (SSSR count). The molecule has 0 radical (unpaired) electrons. The van der Waals surface area contributed by atoms with Gasteiger partial charge >= 0.3 is 0 Å². The molecule has 2 unspecified atom stereocenters. The highest BCUT2D eigenvalue weighted by molar-refractivity contribution is 4.98. The van der Waals surface area contributed by atoms with Crippen LogP contribution in [-0.2, 0) is 0 Å². The largest absolute Gasteiger partial charge is 0.300 e. The Morgan fingerprint density at radius 3 is 1.67 bits per heavy atom. The number of hydrogen-bond acceptors (Lipinski definition) is 1. The summed E-state index contributed by atoms with van der Waals surface area (Å²) in [6, 6.07) is 0.932. The molecular formula is C20H39N. The monoisotopic (exact) mass is 293 g/mol. The van der Waals surface area contributed by atoms with Crippen LogP contribution in [0.4, 0.5) is 0 Å². The Morgan fingerprint density at radius 2 is 1.19 bits per heavy atom. The minimum atomic E-state index is 0.932. The smallest absolute Gasteiger partial charge is 0.00954 e. The van der Waals surface area contributed by atoms with Crippen molar-refractivity contribution in [1.82, 2.24) is 4.90 Å². The lowest BCUT2D eigenvalue weighted by atomic mass is 9.99. The molecule has 0 aromatic carbocycles. The lowest BCUT2D eigenvalue weighted by molar-refractivity contribution is 0.190. The summed E-state index contributed by atoms with van der Waals surface area (Å²) in [5.74, 6) is 2.21.